The third-order valence-corrected chi connectivity index (χ3v) is 2.71. The Morgan fingerprint density at radius 3 is 3.07 bits per heavy atom. The first-order valence-electron chi connectivity index (χ1n) is 4.38. The van der Waals surface area contributed by atoms with Gasteiger partial charge in [0.05, 0.1) is 13.7 Å². The second-order valence-electron chi connectivity index (χ2n) is 3.22. The fourth-order valence-corrected chi connectivity index (χ4v) is 2.10. The molecule has 0 fully saturated rings. The molecule has 0 bridgehead atoms. The van der Waals surface area contributed by atoms with Crippen LogP contribution in [0.2, 0.25) is 0 Å². The van der Waals surface area contributed by atoms with Gasteiger partial charge < -0.3 is 14.6 Å². The summed E-state index contributed by atoms with van der Waals surface area (Å²) in [5.41, 5.74) is 1.08. The first-order valence-corrected chi connectivity index (χ1v) is 5.18. The van der Waals surface area contributed by atoms with E-state index in [1.165, 1.54) is 0 Å². The summed E-state index contributed by atoms with van der Waals surface area (Å²) in [6.45, 7) is 0.0372. The van der Waals surface area contributed by atoms with Crippen molar-refractivity contribution in [2.75, 3.05) is 13.7 Å². The Hall–Kier alpha value is -0.740. The number of hydrogen-bond donors (Lipinski definition) is 1. The normalized spacial score (nSPS) is 18.9. The summed E-state index contributed by atoms with van der Waals surface area (Å²) < 4.78 is 11.7. The Bertz CT molecular complexity index is 351. The van der Waals surface area contributed by atoms with E-state index in [2.05, 4.69) is 15.9 Å². The molecule has 0 aromatic heterocycles. The monoisotopic (exact) mass is 258 g/mol. The highest BCUT2D eigenvalue weighted by atomic mass is 79.9. The highest BCUT2D eigenvalue weighted by molar-refractivity contribution is 9.10. The molecule has 0 aliphatic carbocycles. The van der Waals surface area contributed by atoms with Gasteiger partial charge in [-0.05, 0) is 12.1 Å². The highest BCUT2D eigenvalue weighted by Crippen LogP contribution is 2.40. The standard InChI is InChI=1S/C10H11BrO3/c1-13-9-4-7(11)2-6-3-8(5-12)14-10(6)9/h2,4,8,12H,3,5H2,1H3. The first-order chi connectivity index (χ1) is 6.74. The van der Waals surface area contributed by atoms with Crippen molar-refractivity contribution in [3.63, 3.8) is 0 Å². The summed E-state index contributed by atoms with van der Waals surface area (Å²) in [6.07, 6.45) is 0.606. The number of aliphatic hydroxyl groups excluding tert-OH is 1. The van der Waals surface area contributed by atoms with Crippen LogP contribution in [0.5, 0.6) is 11.5 Å². The molecule has 4 heteroatoms. The molecule has 1 aromatic carbocycles. The van der Waals surface area contributed by atoms with E-state index in [0.29, 0.717) is 5.75 Å². The topological polar surface area (TPSA) is 38.7 Å². The van der Waals surface area contributed by atoms with Crippen molar-refractivity contribution in [2.24, 2.45) is 0 Å². The van der Waals surface area contributed by atoms with Gasteiger partial charge in [-0.15, -0.1) is 0 Å². The fraction of sp³-hybridized carbons (Fsp3) is 0.400. The third kappa shape index (κ3) is 1.60. The van der Waals surface area contributed by atoms with Crippen LogP contribution in [0.3, 0.4) is 0 Å². The second kappa shape index (κ2) is 3.79. The Kier molecular flexibility index (Phi) is 2.65. The molecule has 1 unspecified atom stereocenters. The molecule has 0 saturated heterocycles. The number of aliphatic hydroxyl groups is 1. The van der Waals surface area contributed by atoms with Crippen molar-refractivity contribution in [2.45, 2.75) is 12.5 Å². The van der Waals surface area contributed by atoms with Crippen molar-refractivity contribution in [1.29, 1.82) is 0 Å². The van der Waals surface area contributed by atoms with Gasteiger partial charge in [0.15, 0.2) is 11.5 Å². The minimum atomic E-state index is -0.131. The van der Waals surface area contributed by atoms with E-state index in [4.69, 9.17) is 14.6 Å². The lowest BCUT2D eigenvalue weighted by molar-refractivity contribution is 0.132. The molecule has 0 spiro atoms. The lowest BCUT2D eigenvalue weighted by Crippen LogP contribution is -2.17. The average Bonchev–Trinajstić information content (AvgIpc) is 2.59. The summed E-state index contributed by atoms with van der Waals surface area (Å²) in [4.78, 5) is 0. The van der Waals surface area contributed by atoms with Crippen LogP contribution in [0.1, 0.15) is 5.56 Å². The van der Waals surface area contributed by atoms with Gasteiger partial charge in [0, 0.05) is 16.5 Å². The second-order valence-corrected chi connectivity index (χ2v) is 4.14. The van der Waals surface area contributed by atoms with Crippen LogP contribution >= 0.6 is 15.9 Å². The molecule has 0 saturated carbocycles. The molecule has 0 amide bonds. The molecule has 2 rings (SSSR count). The molecule has 76 valence electrons. The number of methoxy groups -OCH3 is 1. The average molecular weight is 259 g/mol. The van der Waals surface area contributed by atoms with Gasteiger partial charge in [0.25, 0.3) is 0 Å². The lowest BCUT2D eigenvalue weighted by atomic mass is 10.1. The summed E-state index contributed by atoms with van der Waals surface area (Å²) in [5, 5.41) is 8.99. The molecular weight excluding hydrogens is 248 g/mol. The van der Waals surface area contributed by atoms with Gasteiger partial charge in [0.2, 0.25) is 0 Å². The maximum absolute atomic E-state index is 8.99. The molecule has 14 heavy (non-hydrogen) atoms. The van der Waals surface area contributed by atoms with Gasteiger partial charge in [0.1, 0.15) is 6.10 Å². The van der Waals surface area contributed by atoms with Crippen LogP contribution < -0.4 is 9.47 Å². The van der Waals surface area contributed by atoms with E-state index in [9.17, 15) is 0 Å². The van der Waals surface area contributed by atoms with Crippen LogP contribution in [0.4, 0.5) is 0 Å². The quantitative estimate of drug-likeness (QED) is 0.879. The molecule has 1 heterocycles. The largest absolute Gasteiger partial charge is 0.493 e. The smallest absolute Gasteiger partial charge is 0.165 e. The molecular formula is C10H11BrO3. The van der Waals surface area contributed by atoms with E-state index < -0.39 is 0 Å². The van der Waals surface area contributed by atoms with Gasteiger partial charge in [-0.1, -0.05) is 15.9 Å². The summed E-state index contributed by atoms with van der Waals surface area (Å²) in [5.74, 6) is 1.47. The number of ether oxygens (including phenoxy) is 2. The van der Waals surface area contributed by atoms with Gasteiger partial charge in [-0.2, -0.15) is 0 Å². The highest BCUT2D eigenvalue weighted by Gasteiger charge is 2.25. The number of hydrogen-bond acceptors (Lipinski definition) is 3. The number of benzene rings is 1. The predicted octanol–water partition coefficient (Wildman–Crippen LogP) is 1.75. The van der Waals surface area contributed by atoms with E-state index in [-0.39, 0.29) is 12.7 Å². The van der Waals surface area contributed by atoms with Gasteiger partial charge >= 0.3 is 0 Å². The number of fused-ring (bicyclic) bond motifs is 1. The molecule has 3 nitrogen and oxygen atoms in total. The minimum Gasteiger partial charge on any atom is -0.493 e. The van der Waals surface area contributed by atoms with Crippen molar-refractivity contribution in [1.82, 2.24) is 0 Å². The number of halogens is 1. The Balaban J connectivity index is 2.40. The number of rotatable bonds is 2. The lowest BCUT2D eigenvalue weighted by Gasteiger charge is -2.09. The van der Waals surface area contributed by atoms with Crippen LogP contribution in [-0.4, -0.2) is 24.9 Å². The van der Waals surface area contributed by atoms with Crippen LogP contribution in [0.25, 0.3) is 0 Å². The molecule has 1 aliphatic heterocycles. The molecule has 0 radical (unpaired) electrons. The maximum atomic E-state index is 8.99. The van der Waals surface area contributed by atoms with Crippen molar-refractivity contribution < 1.29 is 14.6 Å². The molecule has 1 N–H and O–H groups in total. The molecule has 1 atom stereocenters. The Labute approximate surface area is 90.8 Å². The zero-order valence-electron chi connectivity index (χ0n) is 7.79. The Morgan fingerprint density at radius 2 is 2.43 bits per heavy atom. The SMILES string of the molecule is COc1cc(Br)cc2c1OC(CO)C2. The van der Waals surface area contributed by atoms with E-state index in [1.807, 2.05) is 12.1 Å². The first kappa shape index (κ1) is 9.80. The maximum Gasteiger partial charge on any atom is 0.165 e. The minimum absolute atomic E-state index is 0.0372. The van der Waals surface area contributed by atoms with Gasteiger partial charge in [-0.25, -0.2) is 0 Å². The third-order valence-electron chi connectivity index (χ3n) is 2.25. The predicted molar refractivity (Wildman–Crippen MR) is 55.9 cm³/mol. The molecule has 1 aliphatic rings. The van der Waals surface area contributed by atoms with Crippen molar-refractivity contribution in [3.05, 3.63) is 22.2 Å². The van der Waals surface area contributed by atoms with Crippen LogP contribution in [-0.2, 0) is 6.42 Å². The molecule has 1 aromatic rings. The Morgan fingerprint density at radius 1 is 1.64 bits per heavy atom. The van der Waals surface area contributed by atoms with Crippen LogP contribution in [0.15, 0.2) is 16.6 Å². The van der Waals surface area contributed by atoms with Crippen molar-refractivity contribution >= 4 is 15.9 Å². The van der Waals surface area contributed by atoms with Crippen LogP contribution in [0, 0.1) is 0 Å². The van der Waals surface area contributed by atoms with Crippen molar-refractivity contribution in [3.8, 4) is 11.5 Å². The zero-order valence-corrected chi connectivity index (χ0v) is 9.37. The van der Waals surface area contributed by atoms with Gasteiger partial charge in [-0.3, -0.25) is 0 Å². The van der Waals surface area contributed by atoms with E-state index in [0.717, 1.165) is 22.2 Å². The summed E-state index contributed by atoms with van der Waals surface area (Å²) in [7, 11) is 1.61. The van der Waals surface area contributed by atoms with E-state index in [1.54, 1.807) is 7.11 Å². The van der Waals surface area contributed by atoms with E-state index >= 15 is 0 Å². The zero-order chi connectivity index (χ0) is 10.1. The summed E-state index contributed by atoms with van der Waals surface area (Å²) >= 11 is 3.40. The summed E-state index contributed by atoms with van der Waals surface area (Å²) in [6, 6.07) is 3.85. The fourth-order valence-electron chi connectivity index (χ4n) is 1.62.